The van der Waals surface area contributed by atoms with Crippen molar-refractivity contribution in [2.75, 3.05) is 4.90 Å². The number of benzene rings is 2. The van der Waals surface area contributed by atoms with E-state index < -0.39 is 22.8 Å². The van der Waals surface area contributed by atoms with Crippen molar-refractivity contribution >= 4 is 51.2 Å². The third kappa shape index (κ3) is 3.95. The number of nitrogens with zero attached hydrogens (tertiary/aromatic N) is 2. The molecule has 0 radical (unpaired) electrons. The van der Waals surface area contributed by atoms with Crippen molar-refractivity contribution < 1.29 is 23.7 Å². The summed E-state index contributed by atoms with van der Waals surface area (Å²) in [5.41, 5.74) is 0.932. The molecule has 1 saturated heterocycles. The average molecular weight is 496 g/mol. The minimum absolute atomic E-state index is 0.0516. The lowest BCUT2D eigenvalue weighted by atomic mass is 10.1. The van der Waals surface area contributed by atoms with E-state index in [0.29, 0.717) is 22.6 Å². The number of furan rings is 1. The van der Waals surface area contributed by atoms with E-state index in [9.17, 15) is 24.5 Å². The zero-order valence-corrected chi connectivity index (χ0v) is 18.1. The molecule has 0 bridgehead atoms. The highest BCUT2D eigenvalue weighted by Gasteiger charge is 2.37. The predicted octanol–water partition coefficient (Wildman–Crippen LogP) is 4.59. The first kappa shape index (κ1) is 21.2. The summed E-state index contributed by atoms with van der Waals surface area (Å²) in [6.07, 6.45) is 1.22. The standard InChI is InChI=1S/C22H14BrN3O6/c1-12-2-3-13(10-18(12)26(30)31)19-9-8-16(32-19)11-17-20(27)24-22(29)25(21(17)28)15-6-4-14(23)5-7-15/h2-11H,1H3,(H,24,27,29). The van der Waals surface area contributed by atoms with Crippen LogP contribution in [0.4, 0.5) is 16.2 Å². The van der Waals surface area contributed by atoms with Crippen molar-refractivity contribution in [2.45, 2.75) is 6.92 Å². The van der Waals surface area contributed by atoms with Gasteiger partial charge in [0, 0.05) is 21.7 Å². The van der Waals surface area contributed by atoms with Crippen molar-refractivity contribution in [1.82, 2.24) is 5.32 Å². The van der Waals surface area contributed by atoms with Crippen molar-refractivity contribution in [3.05, 3.63) is 86.1 Å². The Morgan fingerprint density at radius 1 is 1.06 bits per heavy atom. The SMILES string of the molecule is Cc1ccc(-c2ccc(C=C3C(=O)NC(=O)N(c4ccc(Br)cc4)C3=O)o2)cc1[N+](=O)[O-]. The van der Waals surface area contributed by atoms with Crippen LogP contribution in [0.2, 0.25) is 0 Å². The molecule has 1 N–H and O–H groups in total. The second kappa shape index (κ2) is 8.23. The number of halogens is 1. The molecule has 0 spiro atoms. The summed E-state index contributed by atoms with van der Waals surface area (Å²) in [6, 6.07) is 13.3. The van der Waals surface area contributed by atoms with Crippen LogP contribution >= 0.6 is 15.9 Å². The number of nitrogens with one attached hydrogen (secondary N) is 1. The van der Waals surface area contributed by atoms with Crippen molar-refractivity contribution in [3.63, 3.8) is 0 Å². The lowest BCUT2D eigenvalue weighted by Crippen LogP contribution is -2.54. The summed E-state index contributed by atoms with van der Waals surface area (Å²) >= 11 is 3.28. The van der Waals surface area contributed by atoms with Gasteiger partial charge in [-0.15, -0.1) is 0 Å². The van der Waals surface area contributed by atoms with Gasteiger partial charge in [-0.25, -0.2) is 9.69 Å². The van der Waals surface area contributed by atoms with E-state index in [1.165, 1.54) is 18.2 Å². The Morgan fingerprint density at radius 3 is 2.47 bits per heavy atom. The topological polar surface area (TPSA) is 123 Å². The van der Waals surface area contributed by atoms with Crippen LogP contribution in [-0.2, 0) is 9.59 Å². The first-order valence-corrected chi connectivity index (χ1v) is 10.1. The van der Waals surface area contributed by atoms with Crippen LogP contribution in [0.25, 0.3) is 17.4 Å². The number of nitro benzene ring substituents is 1. The number of rotatable bonds is 4. The molecule has 1 fully saturated rings. The molecule has 0 aliphatic carbocycles. The van der Waals surface area contributed by atoms with Gasteiger partial charge in [-0.1, -0.05) is 28.1 Å². The van der Waals surface area contributed by atoms with E-state index >= 15 is 0 Å². The van der Waals surface area contributed by atoms with E-state index in [4.69, 9.17) is 4.42 Å². The molecule has 0 atom stereocenters. The summed E-state index contributed by atoms with van der Waals surface area (Å²) in [7, 11) is 0. The maximum absolute atomic E-state index is 12.9. The van der Waals surface area contributed by atoms with Gasteiger partial charge in [-0.2, -0.15) is 0 Å². The molecule has 0 saturated carbocycles. The van der Waals surface area contributed by atoms with Crippen LogP contribution in [0.3, 0.4) is 0 Å². The van der Waals surface area contributed by atoms with Gasteiger partial charge in [0.05, 0.1) is 10.6 Å². The van der Waals surface area contributed by atoms with Gasteiger partial charge < -0.3 is 4.42 Å². The maximum Gasteiger partial charge on any atom is 0.335 e. The molecule has 2 aromatic carbocycles. The van der Waals surface area contributed by atoms with Gasteiger partial charge in [0.1, 0.15) is 17.1 Å². The van der Waals surface area contributed by atoms with Gasteiger partial charge >= 0.3 is 6.03 Å². The highest BCUT2D eigenvalue weighted by Crippen LogP contribution is 2.29. The van der Waals surface area contributed by atoms with Crippen LogP contribution in [0, 0.1) is 17.0 Å². The molecule has 32 heavy (non-hydrogen) atoms. The van der Waals surface area contributed by atoms with Crippen molar-refractivity contribution in [2.24, 2.45) is 0 Å². The molecule has 160 valence electrons. The minimum Gasteiger partial charge on any atom is -0.457 e. The van der Waals surface area contributed by atoms with Gasteiger partial charge in [-0.3, -0.25) is 25.0 Å². The summed E-state index contributed by atoms with van der Waals surface area (Å²) in [6.45, 7) is 1.63. The molecule has 1 aliphatic heterocycles. The fourth-order valence-electron chi connectivity index (χ4n) is 3.17. The van der Waals surface area contributed by atoms with Crippen LogP contribution in [0.5, 0.6) is 0 Å². The molecular weight excluding hydrogens is 482 g/mol. The average Bonchev–Trinajstić information content (AvgIpc) is 3.21. The molecule has 1 aliphatic rings. The van der Waals surface area contributed by atoms with Crippen LogP contribution < -0.4 is 10.2 Å². The van der Waals surface area contributed by atoms with Crippen LogP contribution in [0.1, 0.15) is 11.3 Å². The predicted molar refractivity (Wildman–Crippen MR) is 119 cm³/mol. The zero-order chi connectivity index (χ0) is 23.0. The summed E-state index contributed by atoms with van der Waals surface area (Å²) in [5.74, 6) is -1.15. The lowest BCUT2D eigenvalue weighted by Gasteiger charge is -2.26. The number of imide groups is 2. The number of amides is 4. The molecule has 4 rings (SSSR count). The molecule has 4 amide bonds. The first-order valence-electron chi connectivity index (χ1n) is 9.27. The molecular formula is C22H14BrN3O6. The number of carbonyl (C=O) groups excluding carboxylic acids is 3. The monoisotopic (exact) mass is 495 g/mol. The maximum atomic E-state index is 12.9. The summed E-state index contributed by atoms with van der Waals surface area (Å²) in [4.78, 5) is 49.0. The van der Waals surface area contributed by atoms with Gasteiger partial charge in [-0.05, 0) is 49.4 Å². The third-order valence-electron chi connectivity index (χ3n) is 4.79. The second-order valence-electron chi connectivity index (χ2n) is 6.89. The normalized spacial score (nSPS) is 15.2. The van der Waals surface area contributed by atoms with Crippen LogP contribution in [0.15, 0.2) is 69.1 Å². The van der Waals surface area contributed by atoms with Gasteiger partial charge in [0.25, 0.3) is 17.5 Å². The number of nitro groups is 1. The van der Waals surface area contributed by atoms with Gasteiger partial charge in [0.2, 0.25) is 0 Å². The molecule has 3 aromatic rings. The van der Waals surface area contributed by atoms with Gasteiger partial charge in [0.15, 0.2) is 0 Å². The number of anilines is 1. The Morgan fingerprint density at radius 2 is 1.78 bits per heavy atom. The number of carbonyl (C=O) groups is 3. The van der Waals surface area contributed by atoms with Crippen molar-refractivity contribution in [1.29, 1.82) is 0 Å². The van der Waals surface area contributed by atoms with E-state index in [1.807, 2.05) is 0 Å². The molecule has 0 unspecified atom stereocenters. The van der Waals surface area contributed by atoms with E-state index in [-0.39, 0.29) is 17.0 Å². The molecule has 1 aromatic heterocycles. The number of barbiturate groups is 1. The van der Waals surface area contributed by atoms with Crippen LogP contribution in [-0.4, -0.2) is 22.8 Å². The Balaban J connectivity index is 1.67. The number of hydrogen-bond donors (Lipinski definition) is 1. The smallest absolute Gasteiger partial charge is 0.335 e. The lowest BCUT2D eigenvalue weighted by molar-refractivity contribution is -0.385. The Labute approximate surface area is 189 Å². The number of hydrogen-bond acceptors (Lipinski definition) is 6. The molecule has 9 nitrogen and oxygen atoms in total. The number of urea groups is 1. The summed E-state index contributed by atoms with van der Waals surface area (Å²) in [5, 5.41) is 13.3. The summed E-state index contributed by atoms with van der Waals surface area (Å²) < 4.78 is 6.45. The second-order valence-corrected chi connectivity index (χ2v) is 7.81. The first-order chi connectivity index (χ1) is 15.2. The highest BCUT2D eigenvalue weighted by atomic mass is 79.9. The Hall–Kier alpha value is -4.05. The number of aryl methyl sites for hydroxylation is 1. The Kier molecular flexibility index (Phi) is 5.45. The van der Waals surface area contributed by atoms with E-state index in [1.54, 1.807) is 49.4 Å². The quantitative estimate of drug-likeness (QED) is 0.244. The highest BCUT2D eigenvalue weighted by molar-refractivity contribution is 9.10. The van der Waals surface area contributed by atoms with E-state index in [0.717, 1.165) is 9.37 Å². The third-order valence-corrected chi connectivity index (χ3v) is 5.32. The fourth-order valence-corrected chi connectivity index (χ4v) is 3.43. The molecule has 10 heteroatoms. The fraction of sp³-hybridized carbons (Fsp3) is 0.0455. The minimum atomic E-state index is -0.855. The zero-order valence-electron chi connectivity index (χ0n) is 16.5. The van der Waals surface area contributed by atoms with Crippen molar-refractivity contribution in [3.8, 4) is 11.3 Å². The molecule has 2 heterocycles. The largest absolute Gasteiger partial charge is 0.457 e. The van der Waals surface area contributed by atoms with E-state index in [2.05, 4.69) is 21.2 Å². The Bertz CT molecular complexity index is 1310.